The zero-order valence-electron chi connectivity index (χ0n) is 11.7. The summed E-state index contributed by atoms with van der Waals surface area (Å²) in [5.74, 6) is 0.530. The van der Waals surface area contributed by atoms with Gasteiger partial charge in [-0.05, 0) is 18.9 Å². The second-order valence-corrected chi connectivity index (χ2v) is 7.57. The molecule has 0 unspecified atom stereocenters. The zero-order valence-corrected chi connectivity index (χ0v) is 13.2. The Morgan fingerprint density at radius 2 is 2.00 bits per heavy atom. The second-order valence-electron chi connectivity index (χ2n) is 5.43. The topological polar surface area (TPSA) is 84.4 Å². The molecule has 21 heavy (non-hydrogen) atoms. The van der Waals surface area contributed by atoms with Gasteiger partial charge in [-0.25, -0.2) is 23.1 Å². The van der Waals surface area contributed by atoms with Crippen LogP contribution < -0.4 is 9.62 Å². The van der Waals surface area contributed by atoms with E-state index in [9.17, 15) is 8.42 Å². The van der Waals surface area contributed by atoms with Gasteiger partial charge in [0, 0.05) is 13.1 Å². The van der Waals surface area contributed by atoms with E-state index in [0.717, 1.165) is 19.1 Å². The first-order valence-corrected chi connectivity index (χ1v) is 9.02. The number of halogens is 1. The first kappa shape index (κ1) is 15.0. The molecule has 1 aliphatic heterocycles. The number of nitrogens with zero attached hydrogens (tertiary/aromatic N) is 3. The van der Waals surface area contributed by atoms with Gasteiger partial charge in [0.15, 0.2) is 0 Å². The fourth-order valence-corrected chi connectivity index (χ4v) is 3.64. The van der Waals surface area contributed by atoms with Gasteiger partial charge in [-0.15, -0.1) is 0 Å². The van der Waals surface area contributed by atoms with E-state index in [2.05, 4.69) is 14.7 Å². The summed E-state index contributed by atoms with van der Waals surface area (Å²) in [6, 6.07) is 1.64. The number of hydrogen-bond donors (Lipinski definition) is 1. The number of rotatable bonds is 4. The molecule has 0 spiro atoms. The third kappa shape index (κ3) is 3.45. The van der Waals surface area contributed by atoms with Crippen LogP contribution in [0, 0.1) is 0 Å². The van der Waals surface area contributed by atoms with Crippen LogP contribution in [-0.2, 0) is 20.3 Å². The largest absolute Gasteiger partial charge is 0.378 e. The van der Waals surface area contributed by atoms with Crippen LogP contribution in [-0.4, -0.2) is 50.9 Å². The van der Waals surface area contributed by atoms with Gasteiger partial charge in [-0.3, -0.25) is 0 Å². The molecular weight excluding hydrogens is 316 g/mol. The molecule has 1 aromatic heterocycles. The van der Waals surface area contributed by atoms with Crippen molar-refractivity contribution in [2.24, 2.45) is 0 Å². The fraction of sp³-hybridized carbons (Fsp3) is 0.667. The highest BCUT2D eigenvalue weighted by atomic mass is 35.5. The van der Waals surface area contributed by atoms with Gasteiger partial charge in [0.05, 0.1) is 30.7 Å². The maximum absolute atomic E-state index is 11.5. The molecule has 0 radical (unpaired) electrons. The lowest BCUT2D eigenvalue weighted by atomic mass is 10.2. The summed E-state index contributed by atoms with van der Waals surface area (Å²) >= 11 is 6.09. The SMILES string of the molecule is CS(=O)(=O)NC1(c2cc(Cl)nc(N3CCOCC3)n2)CC1. The Bertz CT molecular complexity index is 642. The first-order valence-electron chi connectivity index (χ1n) is 6.75. The van der Waals surface area contributed by atoms with Crippen molar-refractivity contribution in [3.63, 3.8) is 0 Å². The summed E-state index contributed by atoms with van der Waals surface area (Å²) in [4.78, 5) is 10.8. The molecule has 0 aromatic carbocycles. The Hall–Kier alpha value is -0.960. The highest BCUT2D eigenvalue weighted by Crippen LogP contribution is 2.45. The minimum absolute atomic E-state index is 0.322. The van der Waals surface area contributed by atoms with Gasteiger partial charge in [0.25, 0.3) is 0 Å². The quantitative estimate of drug-likeness (QED) is 0.808. The van der Waals surface area contributed by atoms with E-state index >= 15 is 0 Å². The van der Waals surface area contributed by atoms with Crippen LogP contribution >= 0.6 is 11.6 Å². The molecule has 2 heterocycles. The van der Waals surface area contributed by atoms with Gasteiger partial charge >= 0.3 is 0 Å². The smallest absolute Gasteiger partial charge is 0.227 e. The second kappa shape index (κ2) is 5.35. The van der Waals surface area contributed by atoms with Gasteiger partial charge in [-0.1, -0.05) is 11.6 Å². The molecule has 0 bridgehead atoms. The van der Waals surface area contributed by atoms with Crippen LogP contribution in [0.5, 0.6) is 0 Å². The van der Waals surface area contributed by atoms with E-state index in [4.69, 9.17) is 16.3 Å². The number of aromatic nitrogens is 2. The average Bonchev–Trinajstić information content (AvgIpc) is 3.18. The van der Waals surface area contributed by atoms with E-state index in [1.54, 1.807) is 6.07 Å². The van der Waals surface area contributed by atoms with Crippen molar-refractivity contribution in [1.82, 2.24) is 14.7 Å². The maximum atomic E-state index is 11.5. The van der Waals surface area contributed by atoms with Crippen molar-refractivity contribution in [3.8, 4) is 0 Å². The van der Waals surface area contributed by atoms with Gasteiger partial charge < -0.3 is 9.64 Å². The average molecular weight is 333 g/mol. The van der Waals surface area contributed by atoms with E-state index < -0.39 is 15.6 Å². The Morgan fingerprint density at radius 1 is 1.33 bits per heavy atom. The van der Waals surface area contributed by atoms with E-state index in [-0.39, 0.29) is 0 Å². The van der Waals surface area contributed by atoms with Crippen LogP contribution in [0.15, 0.2) is 6.07 Å². The van der Waals surface area contributed by atoms with E-state index in [0.29, 0.717) is 43.1 Å². The summed E-state index contributed by atoms with van der Waals surface area (Å²) < 4.78 is 31.0. The standard InChI is InChI=1S/C12H17ClN4O3S/c1-21(18,19)16-12(2-3-12)9-8-10(13)15-11(14-9)17-4-6-20-7-5-17/h8,16H,2-7H2,1H3. The molecule has 2 fully saturated rings. The van der Waals surface area contributed by atoms with Crippen LogP contribution in [0.4, 0.5) is 5.95 Å². The highest BCUT2D eigenvalue weighted by Gasteiger charge is 2.48. The van der Waals surface area contributed by atoms with Crippen LogP contribution in [0.2, 0.25) is 5.15 Å². The molecule has 116 valence electrons. The van der Waals surface area contributed by atoms with Gasteiger partial charge in [0.2, 0.25) is 16.0 Å². The third-order valence-electron chi connectivity index (χ3n) is 3.60. The summed E-state index contributed by atoms with van der Waals surface area (Å²) in [5, 5.41) is 0.322. The predicted molar refractivity (Wildman–Crippen MR) is 79.0 cm³/mol. The summed E-state index contributed by atoms with van der Waals surface area (Å²) in [5.41, 5.74) is 0.00991. The number of morpholine rings is 1. The Morgan fingerprint density at radius 3 is 2.57 bits per heavy atom. The third-order valence-corrected chi connectivity index (χ3v) is 4.55. The minimum atomic E-state index is -3.31. The van der Waals surface area contributed by atoms with E-state index in [1.165, 1.54) is 0 Å². The molecule has 1 N–H and O–H groups in total. The summed E-state index contributed by atoms with van der Waals surface area (Å²) in [7, 11) is -3.31. The zero-order chi connectivity index (χ0) is 15.1. The molecular formula is C12H17ClN4O3S. The number of hydrogen-bond acceptors (Lipinski definition) is 6. The number of nitrogens with one attached hydrogen (secondary N) is 1. The molecule has 2 aliphatic rings. The minimum Gasteiger partial charge on any atom is -0.378 e. The molecule has 1 saturated carbocycles. The van der Waals surface area contributed by atoms with Crippen molar-refractivity contribution < 1.29 is 13.2 Å². The lowest BCUT2D eigenvalue weighted by molar-refractivity contribution is 0.122. The van der Waals surface area contributed by atoms with E-state index in [1.807, 2.05) is 4.90 Å². The lowest BCUT2D eigenvalue weighted by Gasteiger charge is -2.27. The molecule has 1 saturated heterocycles. The lowest BCUT2D eigenvalue weighted by Crippen LogP contribution is -2.39. The van der Waals surface area contributed by atoms with Crippen LogP contribution in [0.25, 0.3) is 0 Å². The monoisotopic (exact) mass is 332 g/mol. The molecule has 7 nitrogen and oxygen atoms in total. The molecule has 9 heteroatoms. The molecule has 1 aromatic rings. The molecule has 3 rings (SSSR count). The number of ether oxygens (including phenoxy) is 1. The maximum Gasteiger partial charge on any atom is 0.227 e. The first-order chi connectivity index (χ1) is 9.88. The Kier molecular flexibility index (Phi) is 3.81. The summed E-state index contributed by atoms with van der Waals surface area (Å²) in [6.45, 7) is 2.65. The number of sulfonamides is 1. The fourth-order valence-electron chi connectivity index (χ4n) is 2.45. The molecule has 0 atom stereocenters. The van der Waals surface area contributed by atoms with Gasteiger partial charge in [-0.2, -0.15) is 0 Å². The van der Waals surface area contributed by atoms with Crippen molar-refractivity contribution in [3.05, 3.63) is 16.9 Å². The predicted octanol–water partition coefficient (Wildman–Crippen LogP) is 0.505. The molecule has 1 aliphatic carbocycles. The normalized spacial score (nSPS) is 21.3. The Balaban J connectivity index is 1.91. The Labute approximate surface area is 128 Å². The van der Waals surface area contributed by atoms with Crippen LogP contribution in [0.3, 0.4) is 0 Å². The van der Waals surface area contributed by atoms with Crippen molar-refractivity contribution in [2.75, 3.05) is 37.5 Å². The summed E-state index contributed by atoms with van der Waals surface area (Å²) in [6.07, 6.45) is 2.59. The van der Waals surface area contributed by atoms with Crippen molar-refractivity contribution in [1.29, 1.82) is 0 Å². The number of anilines is 1. The van der Waals surface area contributed by atoms with Crippen LogP contribution in [0.1, 0.15) is 18.5 Å². The van der Waals surface area contributed by atoms with Crippen molar-refractivity contribution >= 4 is 27.6 Å². The molecule has 0 amide bonds. The van der Waals surface area contributed by atoms with Gasteiger partial charge in [0.1, 0.15) is 5.15 Å². The van der Waals surface area contributed by atoms with Crippen molar-refractivity contribution in [2.45, 2.75) is 18.4 Å². The highest BCUT2D eigenvalue weighted by molar-refractivity contribution is 7.88.